The molecule has 2 amide bonds. The van der Waals surface area contributed by atoms with Crippen molar-refractivity contribution in [2.24, 2.45) is 0 Å². The molecule has 3 aromatic rings. The van der Waals surface area contributed by atoms with E-state index in [1.54, 1.807) is 55.4 Å². The Balaban J connectivity index is 1.53. The van der Waals surface area contributed by atoms with E-state index in [1.165, 1.54) is 11.0 Å². The van der Waals surface area contributed by atoms with Gasteiger partial charge in [0.15, 0.2) is 0 Å². The van der Waals surface area contributed by atoms with Gasteiger partial charge in [0, 0.05) is 30.6 Å². The highest BCUT2D eigenvalue weighted by Crippen LogP contribution is 2.15. The molecule has 0 fully saturated rings. The fourth-order valence-corrected chi connectivity index (χ4v) is 2.61. The molecule has 0 radical (unpaired) electrons. The van der Waals surface area contributed by atoms with Crippen LogP contribution in [0.2, 0.25) is 0 Å². The molecule has 148 valence electrons. The van der Waals surface area contributed by atoms with Gasteiger partial charge < -0.3 is 15.0 Å². The van der Waals surface area contributed by atoms with Crippen LogP contribution in [-0.2, 0) is 9.59 Å². The summed E-state index contributed by atoms with van der Waals surface area (Å²) in [5.41, 5.74) is 2.37. The molecule has 1 aromatic heterocycles. The molecule has 1 heterocycles. The molecule has 29 heavy (non-hydrogen) atoms. The SMILES string of the molecule is COc1ccc(NC(=O)CN(C)C(=O)/C=C/c2cnn(-c3ccccc3)c2)cc1. The van der Waals surface area contributed by atoms with E-state index >= 15 is 0 Å². The Morgan fingerprint density at radius 1 is 1.14 bits per heavy atom. The van der Waals surface area contributed by atoms with Gasteiger partial charge in [0.25, 0.3) is 0 Å². The van der Waals surface area contributed by atoms with Crippen LogP contribution < -0.4 is 10.1 Å². The Bertz CT molecular complexity index is 994. The number of methoxy groups -OCH3 is 1. The molecule has 0 aliphatic carbocycles. The van der Waals surface area contributed by atoms with Crippen molar-refractivity contribution in [2.75, 3.05) is 26.0 Å². The Morgan fingerprint density at radius 3 is 2.55 bits per heavy atom. The molecule has 7 heteroatoms. The first kappa shape index (κ1) is 19.9. The van der Waals surface area contributed by atoms with Crippen LogP contribution in [0.5, 0.6) is 5.75 Å². The van der Waals surface area contributed by atoms with Crippen molar-refractivity contribution < 1.29 is 14.3 Å². The molecule has 0 unspecified atom stereocenters. The van der Waals surface area contributed by atoms with Gasteiger partial charge in [-0.05, 0) is 42.5 Å². The van der Waals surface area contributed by atoms with E-state index in [1.807, 2.05) is 36.5 Å². The lowest BCUT2D eigenvalue weighted by atomic mass is 10.3. The molecule has 2 aromatic carbocycles. The van der Waals surface area contributed by atoms with Crippen LogP contribution in [0.25, 0.3) is 11.8 Å². The molecular formula is C22H22N4O3. The van der Waals surface area contributed by atoms with Crippen LogP contribution in [-0.4, -0.2) is 47.2 Å². The van der Waals surface area contributed by atoms with Crippen molar-refractivity contribution in [2.45, 2.75) is 0 Å². The maximum absolute atomic E-state index is 12.3. The number of likely N-dealkylation sites (N-methyl/N-ethyl adjacent to an activating group) is 1. The van der Waals surface area contributed by atoms with Gasteiger partial charge in [-0.15, -0.1) is 0 Å². The van der Waals surface area contributed by atoms with Gasteiger partial charge in [0.05, 0.1) is 25.5 Å². The van der Waals surface area contributed by atoms with Crippen molar-refractivity contribution in [3.05, 3.63) is 78.6 Å². The number of ether oxygens (including phenoxy) is 1. The zero-order chi connectivity index (χ0) is 20.6. The molecule has 0 saturated heterocycles. The van der Waals surface area contributed by atoms with Crippen LogP contribution in [0.4, 0.5) is 5.69 Å². The minimum absolute atomic E-state index is 0.0571. The lowest BCUT2D eigenvalue weighted by molar-refractivity contribution is -0.129. The van der Waals surface area contributed by atoms with Crippen LogP contribution >= 0.6 is 0 Å². The quantitative estimate of drug-likeness (QED) is 0.629. The van der Waals surface area contributed by atoms with Crippen LogP contribution in [0.1, 0.15) is 5.56 Å². The predicted octanol–water partition coefficient (Wildman–Crippen LogP) is 2.99. The first-order valence-electron chi connectivity index (χ1n) is 9.02. The van der Waals surface area contributed by atoms with Crippen molar-refractivity contribution in [1.29, 1.82) is 0 Å². The minimum Gasteiger partial charge on any atom is -0.497 e. The number of benzene rings is 2. The van der Waals surface area contributed by atoms with Gasteiger partial charge in [-0.2, -0.15) is 5.10 Å². The van der Waals surface area contributed by atoms with E-state index in [-0.39, 0.29) is 18.4 Å². The van der Waals surface area contributed by atoms with Gasteiger partial charge in [-0.1, -0.05) is 18.2 Å². The van der Waals surface area contributed by atoms with Crippen LogP contribution in [0.3, 0.4) is 0 Å². The second-order valence-electron chi connectivity index (χ2n) is 6.36. The Morgan fingerprint density at radius 2 is 1.86 bits per heavy atom. The largest absolute Gasteiger partial charge is 0.497 e. The average Bonchev–Trinajstić information content (AvgIpc) is 3.22. The standard InChI is InChI=1S/C22H22N4O3/c1-25(16-21(27)24-18-9-11-20(29-2)12-10-18)22(28)13-8-17-14-23-26(15-17)19-6-4-3-5-7-19/h3-15H,16H2,1-2H3,(H,24,27)/b13-8+. The normalized spacial score (nSPS) is 10.7. The molecular weight excluding hydrogens is 368 g/mol. The van der Waals surface area contributed by atoms with Gasteiger partial charge in [-0.25, -0.2) is 4.68 Å². The van der Waals surface area contributed by atoms with Crippen LogP contribution in [0.15, 0.2) is 73.1 Å². The Labute approximate surface area is 169 Å². The first-order chi connectivity index (χ1) is 14.0. The summed E-state index contributed by atoms with van der Waals surface area (Å²) >= 11 is 0. The number of rotatable bonds is 7. The summed E-state index contributed by atoms with van der Waals surface area (Å²) in [6.45, 7) is -0.0571. The maximum atomic E-state index is 12.3. The lowest BCUT2D eigenvalue weighted by Crippen LogP contribution is -2.33. The maximum Gasteiger partial charge on any atom is 0.246 e. The minimum atomic E-state index is -0.281. The molecule has 0 aliphatic heterocycles. The fraction of sp³-hybridized carbons (Fsp3) is 0.136. The highest BCUT2D eigenvalue weighted by Gasteiger charge is 2.11. The Kier molecular flexibility index (Phi) is 6.42. The molecule has 1 N–H and O–H groups in total. The lowest BCUT2D eigenvalue weighted by Gasteiger charge is -2.15. The molecule has 0 spiro atoms. The van der Waals surface area contributed by atoms with Crippen LogP contribution in [0, 0.1) is 0 Å². The van der Waals surface area contributed by atoms with Crippen molar-refractivity contribution in [3.63, 3.8) is 0 Å². The number of hydrogen-bond acceptors (Lipinski definition) is 4. The van der Waals surface area contributed by atoms with E-state index in [9.17, 15) is 9.59 Å². The summed E-state index contributed by atoms with van der Waals surface area (Å²) in [7, 11) is 3.15. The van der Waals surface area contributed by atoms with E-state index < -0.39 is 0 Å². The van der Waals surface area contributed by atoms with Crippen molar-refractivity contribution >= 4 is 23.6 Å². The van der Waals surface area contributed by atoms with Gasteiger partial charge in [0.1, 0.15) is 5.75 Å². The van der Waals surface area contributed by atoms with E-state index in [0.717, 1.165) is 11.3 Å². The number of hydrogen-bond donors (Lipinski definition) is 1. The summed E-state index contributed by atoms with van der Waals surface area (Å²) in [4.78, 5) is 25.8. The summed E-state index contributed by atoms with van der Waals surface area (Å²) in [5, 5.41) is 7.03. The topological polar surface area (TPSA) is 76.5 Å². The number of carbonyl (C=O) groups excluding carboxylic acids is 2. The Hall–Kier alpha value is -3.87. The zero-order valence-electron chi connectivity index (χ0n) is 16.3. The summed E-state index contributed by atoms with van der Waals surface area (Å²) in [6, 6.07) is 16.7. The number of aromatic nitrogens is 2. The first-order valence-corrected chi connectivity index (χ1v) is 9.02. The number of anilines is 1. The van der Waals surface area contributed by atoms with Crippen molar-refractivity contribution in [3.8, 4) is 11.4 Å². The van der Waals surface area contributed by atoms with Gasteiger partial charge in [0.2, 0.25) is 11.8 Å². The number of carbonyl (C=O) groups is 2. The molecule has 0 aliphatic rings. The average molecular weight is 390 g/mol. The number of nitrogens with one attached hydrogen (secondary N) is 1. The number of amides is 2. The number of nitrogens with zero attached hydrogens (tertiary/aromatic N) is 3. The number of para-hydroxylation sites is 1. The third kappa shape index (κ3) is 5.55. The highest BCUT2D eigenvalue weighted by molar-refractivity contribution is 5.97. The molecule has 3 rings (SSSR count). The van der Waals surface area contributed by atoms with Gasteiger partial charge in [-0.3, -0.25) is 9.59 Å². The van der Waals surface area contributed by atoms with Gasteiger partial charge >= 0.3 is 0 Å². The van der Waals surface area contributed by atoms with E-state index in [2.05, 4.69) is 10.4 Å². The zero-order valence-corrected chi connectivity index (χ0v) is 16.3. The summed E-state index contributed by atoms with van der Waals surface area (Å²) < 4.78 is 6.81. The molecule has 0 saturated carbocycles. The molecule has 0 bridgehead atoms. The highest BCUT2D eigenvalue weighted by atomic mass is 16.5. The second-order valence-corrected chi connectivity index (χ2v) is 6.36. The predicted molar refractivity (Wildman–Crippen MR) is 112 cm³/mol. The van der Waals surface area contributed by atoms with Crippen molar-refractivity contribution in [1.82, 2.24) is 14.7 Å². The van der Waals surface area contributed by atoms with E-state index in [4.69, 9.17) is 4.74 Å². The third-order valence-electron chi connectivity index (χ3n) is 4.17. The fourth-order valence-electron chi connectivity index (χ4n) is 2.61. The van der Waals surface area contributed by atoms with E-state index in [0.29, 0.717) is 11.4 Å². The smallest absolute Gasteiger partial charge is 0.246 e. The monoisotopic (exact) mass is 390 g/mol. The molecule has 0 atom stereocenters. The second kappa shape index (κ2) is 9.36. The summed E-state index contributed by atoms with van der Waals surface area (Å²) in [5.74, 6) is 0.148. The summed E-state index contributed by atoms with van der Waals surface area (Å²) in [6.07, 6.45) is 6.60. The third-order valence-corrected chi connectivity index (χ3v) is 4.17. The molecule has 7 nitrogen and oxygen atoms in total.